The van der Waals surface area contributed by atoms with Crippen LogP contribution >= 0.6 is 11.8 Å². The molecule has 5 nitrogen and oxygen atoms in total. The first-order valence-corrected chi connectivity index (χ1v) is 6.93. The summed E-state index contributed by atoms with van der Waals surface area (Å²) in [6.45, 7) is 2.17. The van der Waals surface area contributed by atoms with Gasteiger partial charge in [0.2, 0.25) is 0 Å². The van der Waals surface area contributed by atoms with Crippen LogP contribution in [0.1, 0.15) is 25.9 Å². The van der Waals surface area contributed by atoms with Crippen LogP contribution in [0.5, 0.6) is 0 Å². The lowest BCUT2D eigenvalue weighted by molar-refractivity contribution is 0.411. The molecule has 92 valence electrons. The lowest BCUT2D eigenvalue weighted by Crippen LogP contribution is -2.22. The van der Waals surface area contributed by atoms with Crippen LogP contribution < -0.4 is 5.32 Å². The summed E-state index contributed by atoms with van der Waals surface area (Å²) in [6.07, 6.45) is 7.87. The van der Waals surface area contributed by atoms with Gasteiger partial charge in [0.05, 0.1) is 12.5 Å². The first kappa shape index (κ1) is 12.3. The topological polar surface area (TPSA) is 55.6 Å². The number of nitrogens with zero attached hydrogens (tertiary/aromatic N) is 4. The molecule has 0 aliphatic heterocycles. The predicted octanol–water partition coefficient (Wildman–Crippen LogP) is 2.07. The first-order valence-electron chi connectivity index (χ1n) is 5.70. The number of rotatable bonds is 5. The van der Waals surface area contributed by atoms with Crippen molar-refractivity contribution in [2.45, 2.75) is 31.0 Å². The molecule has 2 rings (SSSR count). The van der Waals surface area contributed by atoms with Crippen molar-refractivity contribution in [3.05, 3.63) is 12.7 Å². The molecule has 0 aliphatic rings. The molecule has 0 fully saturated rings. The van der Waals surface area contributed by atoms with Gasteiger partial charge in [-0.25, -0.2) is 15.0 Å². The van der Waals surface area contributed by atoms with Crippen LogP contribution in [-0.4, -0.2) is 32.8 Å². The zero-order valence-electron chi connectivity index (χ0n) is 10.3. The van der Waals surface area contributed by atoms with Gasteiger partial charge in [0, 0.05) is 0 Å². The van der Waals surface area contributed by atoms with Gasteiger partial charge in [0.25, 0.3) is 0 Å². The summed E-state index contributed by atoms with van der Waals surface area (Å²) in [5.74, 6) is 0. The zero-order valence-corrected chi connectivity index (χ0v) is 11.2. The van der Waals surface area contributed by atoms with E-state index in [1.165, 1.54) is 0 Å². The molecule has 0 saturated heterocycles. The summed E-state index contributed by atoms with van der Waals surface area (Å²) < 4.78 is 2.08. The first-order chi connectivity index (χ1) is 8.31. The number of imidazole rings is 1. The van der Waals surface area contributed by atoms with E-state index in [0.717, 1.165) is 29.0 Å². The van der Waals surface area contributed by atoms with Crippen molar-refractivity contribution < 1.29 is 0 Å². The number of hydrogen-bond donors (Lipinski definition) is 1. The maximum Gasteiger partial charge on any atom is 0.165 e. The molecule has 0 amide bonds. The molecule has 0 radical (unpaired) electrons. The number of hydrogen-bond acceptors (Lipinski definition) is 5. The molecule has 17 heavy (non-hydrogen) atoms. The predicted molar refractivity (Wildman–Crippen MR) is 70.1 cm³/mol. The summed E-state index contributed by atoms with van der Waals surface area (Å²) in [4.78, 5) is 13.0. The molecule has 0 spiro atoms. The SMILES string of the molecule is CCCC(NC)n1cnc2c(SC)ncnc21. The molecule has 1 atom stereocenters. The van der Waals surface area contributed by atoms with Crippen molar-refractivity contribution in [3.63, 3.8) is 0 Å². The molecule has 2 aromatic heterocycles. The highest BCUT2D eigenvalue weighted by Crippen LogP contribution is 2.23. The largest absolute Gasteiger partial charge is 0.300 e. The Balaban J connectivity index is 2.48. The second kappa shape index (κ2) is 5.46. The quantitative estimate of drug-likeness (QED) is 0.651. The average Bonchev–Trinajstić information content (AvgIpc) is 2.79. The van der Waals surface area contributed by atoms with Gasteiger partial charge in [0.15, 0.2) is 5.65 Å². The van der Waals surface area contributed by atoms with Crippen molar-refractivity contribution in [1.29, 1.82) is 0 Å². The van der Waals surface area contributed by atoms with Crippen LogP contribution in [0.2, 0.25) is 0 Å². The standard InChI is InChI=1S/C11H17N5S/c1-4-5-8(12-2)16-7-15-9-10(16)13-6-14-11(9)17-3/h6-8,12H,4-5H2,1-3H3. The fraction of sp³-hybridized carbons (Fsp3) is 0.545. The Morgan fingerprint density at radius 2 is 2.24 bits per heavy atom. The van der Waals surface area contributed by atoms with Gasteiger partial charge >= 0.3 is 0 Å². The Kier molecular flexibility index (Phi) is 3.96. The van der Waals surface area contributed by atoms with Crippen LogP contribution in [0.3, 0.4) is 0 Å². The lowest BCUT2D eigenvalue weighted by Gasteiger charge is -2.17. The fourth-order valence-electron chi connectivity index (χ4n) is 1.90. The van der Waals surface area contributed by atoms with Gasteiger partial charge in [0.1, 0.15) is 16.9 Å². The monoisotopic (exact) mass is 251 g/mol. The zero-order chi connectivity index (χ0) is 12.3. The van der Waals surface area contributed by atoms with E-state index < -0.39 is 0 Å². The van der Waals surface area contributed by atoms with E-state index in [1.54, 1.807) is 18.1 Å². The third-order valence-corrected chi connectivity index (χ3v) is 3.44. The van der Waals surface area contributed by atoms with Crippen molar-refractivity contribution in [2.75, 3.05) is 13.3 Å². The van der Waals surface area contributed by atoms with Crippen molar-refractivity contribution in [1.82, 2.24) is 24.8 Å². The number of thioether (sulfide) groups is 1. The highest BCUT2D eigenvalue weighted by molar-refractivity contribution is 7.98. The Morgan fingerprint density at radius 3 is 2.88 bits per heavy atom. The minimum atomic E-state index is 0.245. The molecule has 0 bridgehead atoms. The van der Waals surface area contributed by atoms with E-state index in [2.05, 4.69) is 31.8 Å². The summed E-state index contributed by atoms with van der Waals surface area (Å²) >= 11 is 1.60. The van der Waals surface area contributed by atoms with E-state index in [0.29, 0.717) is 0 Å². The third-order valence-electron chi connectivity index (χ3n) is 2.75. The molecule has 2 heterocycles. The van der Waals surface area contributed by atoms with Gasteiger partial charge in [-0.2, -0.15) is 0 Å². The summed E-state index contributed by atoms with van der Waals surface area (Å²) in [5, 5.41) is 4.22. The highest BCUT2D eigenvalue weighted by Gasteiger charge is 2.14. The van der Waals surface area contributed by atoms with Gasteiger partial charge < -0.3 is 5.32 Å². The Hall–Kier alpha value is -1.14. The summed E-state index contributed by atoms with van der Waals surface area (Å²) in [5.41, 5.74) is 1.79. The number of aromatic nitrogens is 4. The number of nitrogens with one attached hydrogen (secondary N) is 1. The van der Waals surface area contributed by atoms with E-state index in [-0.39, 0.29) is 6.17 Å². The summed E-state index contributed by atoms with van der Waals surface area (Å²) in [7, 11) is 1.96. The van der Waals surface area contributed by atoms with Crippen LogP contribution in [0.25, 0.3) is 11.2 Å². The second-order valence-electron chi connectivity index (χ2n) is 3.80. The third kappa shape index (κ3) is 2.28. The van der Waals surface area contributed by atoms with E-state index >= 15 is 0 Å². The Bertz CT molecular complexity index is 496. The van der Waals surface area contributed by atoms with Crippen molar-refractivity contribution in [2.24, 2.45) is 0 Å². The average molecular weight is 251 g/mol. The van der Waals surface area contributed by atoms with Crippen LogP contribution in [0.15, 0.2) is 17.7 Å². The van der Waals surface area contributed by atoms with Gasteiger partial charge in [-0.05, 0) is 19.7 Å². The van der Waals surface area contributed by atoms with Crippen LogP contribution in [-0.2, 0) is 0 Å². The summed E-state index contributed by atoms with van der Waals surface area (Å²) in [6, 6.07) is 0. The van der Waals surface area contributed by atoms with Crippen molar-refractivity contribution in [3.8, 4) is 0 Å². The molecule has 0 aromatic carbocycles. The highest BCUT2D eigenvalue weighted by atomic mass is 32.2. The molecule has 2 aromatic rings. The van der Waals surface area contributed by atoms with Crippen LogP contribution in [0, 0.1) is 0 Å². The fourth-order valence-corrected chi connectivity index (χ4v) is 2.39. The maximum absolute atomic E-state index is 4.42. The molecular formula is C11H17N5S. The van der Waals surface area contributed by atoms with E-state index in [4.69, 9.17) is 0 Å². The molecule has 1 N–H and O–H groups in total. The maximum atomic E-state index is 4.42. The van der Waals surface area contributed by atoms with Crippen molar-refractivity contribution >= 4 is 22.9 Å². The minimum absolute atomic E-state index is 0.245. The molecule has 1 unspecified atom stereocenters. The van der Waals surface area contributed by atoms with E-state index in [9.17, 15) is 0 Å². The smallest absolute Gasteiger partial charge is 0.165 e. The number of fused-ring (bicyclic) bond motifs is 1. The molecule has 6 heteroatoms. The minimum Gasteiger partial charge on any atom is -0.300 e. The Morgan fingerprint density at radius 1 is 1.41 bits per heavy atom. The van der Waals surface area contributed by atoms with E-state index in [1.807, 2.05) is 19.6 Å². The molecule has 0 saturated carbocycles. The van der Waals surface area contributed by atoms with Crippen LogP contribution in [0.4, 0.5) is 0 Å². The van der Waals surface area contributed by atoms with Gasteiger partial charge in [-0.15, -0.1) is 11.8 Å². The molecule has 0 aliphatic carbocycles. The lowest BCUT2D eigenvalue weighted by atomic mass is 10.3. The molecular weight excluding hydrogens is 234 g/mol. The second-order valence-corrected chi connectivity index (χ2v) is 4.60. The van der Waals surface area contributed by atoms with Gasteiger partial charge in [-0.1, -0.05) is 13.3 Å². The Labute approximate surface area is 105 Å². The van der Waals surface area contributed by atoms with Gasteiger partial charge in [-0.3, -0.25) is 4.57 Å². The normalized spacial score (nSPS) is 13.1.